The summed E-state index contributed by atoms with van der Waals surface area (Å²) in [4.78, 5) is 12.1. The van der Waals surface area contributed by atoms with Crippen LogP contribution in [0.4, 0.5) is 0 Å². The van der Waals surface area contributed by atoms with E-state index in [0.29, 0.717) is 12.3 Å². The molecule has 2 fully saturated rings. The van der Waals surface area contributed by atoms with Crippen molar-refractivity contribution in [3.8, 4) is 5.75 Å². The van der Waals surface area contributed by atoms with Crippen LogP contribution < -0.4 is 4.74 Å². The molecule has 0 amide bonds. The Hall–Kier alpha value is -1.35. The Balaban J connectivity index is 1.72. The number of Topliss-reactive ketones (excluding diaryl/α,β-unsaturated/α-hetero) is 1. The van der Waals surface area contributed by atoms with Crippen molar-refractivity contribution in [1.82, 2.24) is 0 Å². The van der Waals surface area contributed by atoms with Crippen LogP contribution in [0.2, 0.25) is 0 Å². The fourth-order valence-electron chi connectivity index (χ4n) is 5.87. The molecule has 1 aromatic carbocycles. The lowest BCUT2D eigenvalue weighted by Gasteiger charge is -2.40. The van der Waals surface area contributed by atoms with Crippen molar-refractivity contribution in [3.05, 3.63) is 29.8 Å². The molecule has 2 aliphatic carbocycles. The second-order valence-corrected chi connectivity index (χ2v) is 11.9. The largest absolute Gasteiger partial charge is 0.465 e. The van der Waals surface area contributed by atoms with Crippen molar-refractivity contribution in [3.63, 3.8) is 0 Å². The maximum Gasteiger partial charge on any atom is 0.200 e. The van der Waals surface area contributed by atoms with Gasteiger partial charge in [0.2, 0.25) is 6.29 Å². The predicted octanol–water partition coefficient (Wildman–Crippen LogP) is 8.14. The molecule has 0 saturated heterocycles. The van der Waals surface area contributed by atoms with E-state index in [1.54, 1.807) is 0 Å². The van der Waals surface area contributed by atoms with E-state index in [1.807, 2.05) is 38.1 Å². The molecule has 3 rings (SSSR count). The first kappa shape index (κ1) is 26.3. The normalized spacial score (nSPS) is 19.7. The molecule has 1 unspecified atom stereocenters. The first-order valence-electron chi connectivity index (χ1n) is 13.7. The maximum absolute atomic E-state index is 12.1. The molecule has 0 spiro atoms. The molecule has 0 aliphatic heterocycles. The van der Waals surface area contributed by atoms with Crippen molar-refractivity contribution in [2.75, 3.05) is 0 Å². The molecular formula is C30H48O3. The number of rotatable bonds is 10. The van der Waals surface area contributed by atoms with Crippen LogP contribution in [0.15, 0.2) is 24.3 Å². The summed E-state index contributed by atoms with van der Waals surface area (Å²) in [7, 11) is 0. The zero-order valence-electron chi connectivity index (χ0n) is 21.9. The molecule has 0 radical (unpaired) electrons. The molecule has 1 atom stereocenters. The number of hydrogen-bond donors (Lipinski definition) is 0. The van der Waals surface area contributed by atoms with Crippen LogP contribution >= 0.6 is 0 Å². The van der Waals surface area contributed by atoms with Gasteiger partial charge in [0.1, 0.15) is 11.5 Å². The number of ether oxygens (including phenoxy) is 2. The molecule has 3 nitrogen and oxygen atoms in total. The summed E-state index contributed by atoms with van der Waals surface area (Å²) >= 11 is 0. The average molecular weight is 457 g/mol. The van der Waals surface area contributed by atoms with Gasteiger partial charge in [0.05, 0.1) is 5.60 Å². The number of carbonyl (C=O) groups is 1. The van der Waals surface area contributed by atoms with E-state index in [2.05, 4.69) is 20.8 Å². The fraction of sp³-hybridized carbons (Fsp3) is 0.767. The lowest BCUT2D eigenvalue weighted by atomic mass is 9.68. The Morgan fingerprint density at radius 1 is 0.879 bits per heavy atom. The third-order valence-corrected chi connectivity index (χ3v) is 7.67. The van der Waals surface area contributed by atoms with Crippen LogP contribution in [0.1, 0.15) is 111 Å². The molecule has 0 heterocycles. The zero-order valence-corrected chi connectivity index (χ0v) is 21.9. The van der Waals surface area contributed by atoms with Gasteiger partial charge in [0, 0.05) is 18.8 Å². The highest BCUT2D eigenvalue weighted by Gasteiger charge is 2.35. The second-order valence-electron chi connectivity index (χ2n) is 11.9. The Morgan fingerprint density at radius 3 is 1.85 bits per heavy atom. The van der Waals surface area contributed by atoms with E-state index >= 15 is 0 Å². The molecule has 0 N–H and O–H groups in total. The molecule has 0 aromatic heterocycles. The summed E-state index contributed by atoms with van der Waals surface area (Å²) in [5.74, 6) is 3.53. The average Bonchev–Trinajstić information content (AvgIpc) is 2.78. The minimum absolute atomic E-state index is 0.0713. The van der Waals surface area contributed by atoms with Gasteiger partial charge in [-0.05, 0) is 56.2 Å². The van der Waals surface area contributed by atoms with Crippen LogP contribution in [0.5, 0.6) is 5.75 Å². The van der Waals surface area contributed by atoms with Gasteiger partial charge in [-0.1, -0.05) is 90.2 Å². The van der Waals surface area contributed by atoms with Crippen molar-refractivity contribution >= 4 is 5.78 Å². The van der Waals surface area contributed by atoms with Crippen LogP contribution in [-0.4, -0.2) is 17.7 Å². The van der Waals surface area contributed by atoms with Gasteiger partial charge in [-0.3, -0.25) is 4.79 Å². The van der Waals surface area contributed by atoms with E-state index in [-0.39, 0.29) is 23.6 Å². The van der Waals surface area contributed by atoms with Gasteiger partial charge in [-0.25, -0.2) is 0 Å². The van der Waals surface area contributed by atoms with E-state index in [4.69, 9.17) is 9.47 Å². The topological polar surface area (TPSA) is 35.5 Å². The number of benzene rings is 1. The molecule has 3 heteroatoms. The monoisotopic (exact) mass is 456 g/mol. The molecule has 186 valence electrons. The van der Waals surface area contributed by atoms with Gasteiger partial charge in [0.25, 0.3) is 0 Å². The number of hydrogen-bond acceptors (Lipinski definition) is 3. The first-order valence-corrected chi connectivity index (χ1v) is 13.7. The van der Waals surface area contributed by atoms with Crippen LogP contribution in [0.3, 0.4) is 0 Å². The molecule has 2 saturated carbocycles. The summed E-state index contributed by atoms with van der Waals surface area (Å²) < 4.78 is 13.0. The predicted molar refractivity (Wildman–Crippen MR) is 137 cm³/mol. The van der Waals surface area contributed by atoms with Crippen molar-refractivity contribution in [2.24, 2.45) is 23.7 Å². The highest BCUT2D eigenvalue weighted by Crippen LogP contribution is 2.43. The summed E-state index contributed by atoms with van der Waals surface area (Å²) in [6.45, 7) is 10.3. The highest BCUT2D eigenvalue weighted by atomic mass is 16.7. The summed E-state index contributed by atoms with van der Waals surface area (Å²) in [5, 5.41) is 0. The minimum Gasteiger partial charge on any atom is -0.465 e. The quantitative estimate of drug-likeness (QED) is 0.333. The van der Waals surface area contributed by atoms with E-state index in [1.165, 1.54) is 64.2 Å². The molecule has 2 aliphatic rings. The Bertz CT molecular complexity index is 685. The third kappa shape index (κ3) is 8.74. The van der Waals surface area contributed by atoms with Gasteiger partial charge < -0.3 is 9.47 Å². The Kier molecular flexibility index (Phi) is 9.85. The van der Waals surface area contributed by atoms with Crippen molar-refractivity contribution < 1.29 is 14.3 Å². The fourth-order valence-corrected chi connectivity index (χ4v) is 5.87. The zero-order chi connectivity index (χ0) is 23.8. The Morgan fingerprint density at radius 2 is 1.39 bits per heavy atom. The Labute approximate surface area is 203 Å². The van der Waals surface area contributed by atoms with E-state index in [9.17, 15) is 4.79 Å². The van der Waals surface area contributed by atoms with Gasteiger partial charge in [0.15, 0.2) is 0 Å². The van der Waals surface area contributed by atoms with Gasteiger partial charge in [-0.2, -0.15) is 0 Å². The lowest BCUT2D eigenvalue weighted by molar-refractivity contribution is -0.165. The smallest absolute Gasteiger partial charge is 0.200 e. The van der Waals surface area contributed by atoms with E-state index in [0.717, 1.165) is 29.6 Å². The lowest BCUT2D eigenvalue weighted by Crippen LogP contribution is -2.37. The number of carbonyl (C=O) groups excluding carboxylic acids is 1. The molecular weight excluding hydrogens is 408 g/mol. The minimum atomic E-state index is -0.252. The number of ketones is 1. The standard InChI is InChI=1S/C30H48O3/c1-22(2)28(31)20-23-16-18-26(19-17-23)32-29(33-30(3,4)5)21-27(24-12-8-6-9-13-24)25-14-10-7-11-15-25/h16-19,22,24-25,27,29H,6-15,20-21H2,1-5H3. The van der Waals surface area contributed by atoms with Crippen molar-refractivity contribution in [1.29, 1.82) is 0 Å². The van der Waals surface area contributed by atoms with Crippen LogP contribution in [0, 0.1) is 23.7 Å². The molecule has 33 heavy (non-hydrogen) atoms. The third-order valence-electron chi connectivity index (χ3n) is 7.67. The van der Waals surface area contributed by atoms with Crippen LogP contribution in [-0.2, 0) is 16.0 Å². The van der Waals surface area contributed by atoms with Gasteiger partial charge >= 0.3 is 0 Å². The highest BCUT2D eigenvalue weighted by molar-refractivity contribution is 5.82. The van der Waals surface area contributed by atoms with Gasteiger partial charge in [-0.15, -0.1) is 0 Å². The van der Waals surface area contributed by atoms with Crippen LogP contribution in [0.25, 0.3) is 0 Å². The SMILES string of the molecule is CC(C)C(=O)Cc1ccc(OC(CC(C2CCCCC2)C2CCCCC2)OC(C)(C)C)cc1. The summed E-state index contributed by atoms with van der Waals surface area (Å²) in [5.41, 5.74) is 0.800. The van der Waals surface area contributed by atoms with Crippen molar-refractivity contribution in [2.45, 2.75) is 124 Å². The molecule has 1 aromatic rings. The second kappa shape index (κ2) is 12.4. The molecule has 0 bridgehead atoms. The van der Waals surface area contributed by atoms with E-state index < -0.39 is 0 Å². The first-order chi connectivity index (χ1) is 15.7. The maximum atomic E-state index is 12.1. The summed E-state index contributed by atoms with van der Waals surface area (Å²) in [6, 6.07) is 8.09. The summed E-state index contributed by atoms with van der Waals surface area (Å²) in [6.07, 6.45) is 15.1.